The van der Waals surface area contributed by atoms with E-state index in [2.05, 4.69) is 5.32 Å². The summed E-state index contributed by atoms with van der Waals surface area (Å²) in [6, 6.07) is 7.97. The highest BCUT2D eigenvalue weighted by Crippen LogP contribution is 2.15. The van der Waals surface area contributed by atoms with Crippen molar-refractivity contribution in [3.8, 4) is 0 Å². The Morgan fingerprint density at radius 2 is 1.94 bits per heavy atom. The summed E-state index contributed by atoms with van der Waals surface area (Å²) in [7, 11) is 3.68. The van der Waals surface area contributed by atoms with Crippen molar-refractivity contribution < 1.29 is 4.79 Å². The van der Waals surface area contributed by atoms with E-state index in [9.17, 15) is 4.79 Å². The van der Waals surface area contributed by atoms with Gasteiger partial charge in [-0.1, -0.05) is 24.6 Å². The predicted molar refractivity (Wildman–Crippen MR) is 67.7 cm³/mol. The first-order valence-corrected chi connectivity index (χ1v) is 5.55. The molecule has 0 aromatic heterocycles. The molecule has 0 saturated heterocycles. The van der Waals surface area contributed by atoms with E-state index in [0.29, 0.717) is 6.54 Å². The van der Waals surface area contributed by atoms with E-state index in [1.807, 2.05) is 52.2 Å². The average molecular weight is 220 g/mol. The van der Waals surface area contributed by atoms with Gasteiger partial charge in [-0.2, -0.15) is 0 Å². The molecule has 0 aliphatic heterocycles. The molecule has 0 aliphatic rings. The Bertz CT molecular complexity index is 345. The van der Waals surface area contributed by atoms with Crippen molar-refractivity contribution in [3.63, 3.8) is 0 Å². The van der Waals surface area contributed by atoms with Gasteiger partial charge in [0.1, 0.15) is 0 Å². The second-order valence-electron chi connectivity index (χ2n) is 4.19. The molecule has 88 valence electrons. The highest BCUT2D eigenvalue weighted by atomic mass is 16.2. The Kier molecular flexibility index (Phi) is 4.50. The smallest absolute Gasteiger partial charge is 0.230 e. The molecule has 1 unspecified atom stereocenters. The molecule has 0 heterocycles. The number of carbonyl (C=O) groups is 1. The van der Waals surface area contributed by atoms with Crippen LogP contribution < -0.4 is 10.2 Å². The van der Waals surface area contributed by atoms with Crippen LogP contribution in [0.25, 0.3) is 0 Å². The second-order valence-corrected chi connectivity index (χ2v) is 4.19. The monoisotopic (exact) mass is 220 g/mol. The van der Waals surface area contributed by atoms with Crippen LogP contribution in [0.4, 0.5) is 5.69 Å². The van der Waals surface area contributed by atoms with Gasteiger partial charge in [0, 0.05) is 25.2 Å². The number of hydrogen-bond acceptors (Lipinski definition) is 2. The molecule has 0 fully saturated rings. The van der Waals surface area contributed by atoms with Crippen molar-refractivity contribution in [1.82, 2.24) is 5.32 Å². The Labute approximate surface area is 97.5 Å². The molecule has 1 N–H and O–H groups in total. The average Bonchev–Trinajstić information content (AvgIpc) is 2.28. The van der Waals surface area contributed by atoms with E-state index in [1.165, 1.54) is 5.56 Å². The standard InChI is InChI=1S/C13H20N2O/c1-10-5-7-12(8-6-10)15(4)13(16)11(2)9-14-3/h5-8,11,14H,9H2,1-4H3. The molecule has 0 radical (unpaired) electrons. The fourth-order valence-electron chi connectivity index (χ4n) is 1.62. The fourth-order valence-corrected chi connectivity index (χ4v) is 1.62. The number of aryl methyl sites for hydroxylation is 1. The largest absolute Gasteiger partial charge is 0.319 e. The van der Waals surface area contributed by atoms with Crippen LogP contribution in [0.1, 0.15) is 12.5 Å². The lowest BCUT2D eigenvalue weighted by Crippen LogP contribution is -2.35. The van der Waals surface area contributed by atoms with Crippen LogP contribution in [-0.2, 0) is 4.79 Å². The van der Waals surface area contributed by atoms with Crippen molar-refractivity contribution in [2.75, 3.05) is 25.5 Å². The SMILES string of the molecule is CNCC(C)C(=O)N(C)c1ccc(C)cc1. The number of amides is 1. The molecule has 1 atom stereocenters. The third-order valence-corrected chi connectivity index (χ3v) is 2.68. The molecule has 3 nitrogen and oxygen atoms in total. The zero-order valence-electron chi connectivity index (χ0n) is 10.4. The van der Waals surface area contributed by atoms with Crippen molar-refractivity contribution >= 4 is 11.6 Å². The number of anilines is 1. The van der Waals surface area contributed by atoms with E-state index >= 15 is 0 Å². The van der Waals surface area contributed by atoms with Gasteiger partial charge in [-0.05, 0) is 26.1 Å². The predicted octanol–water partition coefficient (Wildman–Crippen LogP) is 1.81. The maximum Gasteiger partial charge on any atom is 0.230 e. The van der Waals surface area contributed by atoms with E-state index in [0.717, 1.165) is 5.69 Å². The van der Waals surface area contributed by atoms with Gasteiger partial charge in [-0.15, -0.1) is 0 Å². The summed E-state index contributed by atoms with van der Waals surface area (Å²) in [5.41, 5.74) is 2.14. The van der Waals surface area contributed by atoms with Gasteiger partial charge < -0.3 is 10.2 Å². The molecule has 16 heavy (non-hydrogen) atoms. The van der Waals surface area contributed by atoms with E-state index < -0.39 is 0 Å². The van der Waals surface area contributed by atoms with E-state index in [4.69, 9.17) is 0 Å². The summed E-state index contributed by atoms with van der Waals surface area (Å²) in [4.78, 5) is 13.7. The maximum atomic E-state index is 12.0. The molecule has 3 heteroatoms. The molecule has 1 rings (SSSR count). The Balaban J connectivity index is 2.73. The number of hydrogen-bond donors (Lipinski definition) is 1. The topological polar surface area (TPSA) is 32.3 Å². The number of benzene rings is 1. The van der Waals surface area contributed by atoms with E-state index in [-0.39, 0.29) is 11.8 Å². The number of carbonyl (C=O) groups excluding carboxylic acids is 1. The van der Waals surface area contributed by atoms with Crippen LogP contribution >= 0.6 is 0 Å². The van der Waals surface area contributed by atoms with Crippen molar-refractivity contribution in [2.45, 2.75) is 13.8 Å². The zero-order chi connectivity index (χ0) is 12.1. The molecule has 0 saturated carbocycles. The summed E-state index contributed by atoms with van der Waals surface area (Å²) in [6.45, 7) is 4.67. The highest BCUT2D eigenvalue weighted by molar-refractivity contribution is 5.94. The summed E-state index contributed by atoms with van der Waals surface area (Å²) in [5.74, 6) is 0.134. The fraction of sp³-hybridized carbons (Fsp3) is 0.462. The first-order chi connectivity index (χ1) is 7.56. The molecule has 0 aliphatic carbocycles. The number of nitrogens with one attached hydrogen (secondary N) is 1. The lowest BCUT2D eigenvalue weighted by Gasteiger charge is -2.21. The minimum absolute atomic E-state index is 0.00342. The highest BCUT2D eigenvalue weighted by Gasteiger charge is 2.17. The molecule has 0 spiro atoms. The summed E-state index contributed by atoms with van der Waals surface area (Å²) < 4.78 is 0. The molecule has 1 amide bonds. The maximum absolute atomic E-state index is 12.0. The minimum Gasteiger partial charge on any atom is -0.319 e. The van der Waals surface area contributed by atoms with Crippen molar-refractivity contribution in [2.24, 2.45) is 5.92 Å². The normalized spacial score (nSPS) is 12.2. The third kappa shape index (κ3) is 3.07. The summed E-state index contributed by atoms with van der Waals surface area (Å²) in [6.07, 6.45) is 0. The third-order valence-electron chi connectivity index (χ3n) is 2.68. The number of rotatable bonds is 4. The zero-order valence-corrected chi connectivity index (χ0v) is 10.4. The lowest BCUT2D eigenvalue weighted by atomic mass is 10.1. The van der Waals surface area contributed by atoms with Gasteiger partial charge >= 0.3 is 0 Å². The van der Waals surface area contributed by atoms with Gasteiger partial charge in [0.2, 0.25) is 5.91 Å². The van der Waals surface area contributed by atoms with Crippen LogP contribution in [0, 0.1) is 12.8 Å². The first kappa shape index (κ1) is 12.7. The van der Waals surface area contributed by atoms with Gasteiger partial charge in [-0.25, -0.2) is 0 Å². The molecule has 1 aromatic carbocycles. The molecular formula is C13H20N2O. The first-order valence-electron chi connectivity index (χ1n) is 5.55. The van der Waals surface area contributed by atoms with Crippen molar-refractivity contribution in [1.29, 1.82) is 0 Å². The summed E-state index contributed by atoms with van der Waals surface area (Å²) >= 11 is 0. The quantitative estimate of drug-likeness (QED) is 0.839. The van der Waals surface area contributed by atoms with Gasteiger partial charge in [0.25, 0.3) is 0 Å². The van der Waals surface area contributed by atoms with Crippen LogP contribution in [0.3, 0.4) is 0 Å². The molecular weight excluding hydrogens is 200 g/mol. The molecule has 0 bridgehead atoms. The van der Waals surface area contributed by atoms with Crippen LogP contribution in [0.5, 0.6) is 0 Å². The minimum atomic E-state index is -0.00342. The van der Waals surface area contributed by atoms with Gasteiger partial charge in [0.05, 0.1) is 0 Å². The molecule has 1 aromatic rings. The Morgan fingerprint density at radius 3 is 2.44 bits per heavy atom. The van der Waals surface area contributed by atoms with Crippen LogP contribution in [0.15, 0.2) is 24.3 Å². The Morgan fingerprint density at radius 1 is 1.38 bits per heavy atom. The van der Waals surface area contributed by atoms with Gasteiger partial charge in [-0.3, -0.25) is 4.79 Å². The Hall–Kier alpha value is -1.35. The summed E-state index contributed by atoms with van der Waals surface area (Å²) in [5, 5.41) is 3.02. The van der Waals surface area contributed by atoms with Crippen LogP contribution in [-0.4, -0.2) is 26.5 Å². The van der Waals surface area contributed by atoms with Crippen LogP contribution in [0.2, 0.25) is 0 Å². The van der Waals surface area contributed by atoms with Crippen molar-refractivity contribution in [3.05, 3.63) is 29.8 Å². The van der Waals surface area contributed by atoms with Gasteiger partial charge in [0.15, 0.2) is 0 Å². The lowest BCUT2D eigenvalue weighted by molar-refractivity contribution is -0.121. The second kappa shape index (κ2) is 5.66. The van der Waals surface area contributed by atoms with E-state index in [1.54, 1.807) is 4.90 Å². The number of nitrogens with zero attached hydrogens (tertiary/aromatic N) is 1.